The van der Waals surface area contributed by atoms with E-state index in [-0.39, 0.29) is 17.2 Å². The minimum absolute atomic E-state index is 0.0129. The van der Waals surface area contributed by atoms with Gasteiger partial charge in [0, 0.05) is 5.69 Å². The molecule has 162 valence electrons. The Morgan fingerprint density at radius 1 is 0.750 bits per heavy atom. The van der Waals surface area contributed by atoms with Gasteiger partial charge in [0.2, 0.25) is 0 Å². The summed E-state index contributed by atoms with van der Waals surface area (Å²) < 4.78 is 0. The fraction of sp³-hybridized carbons (Fsp3) is 0.214. The predicted molar refractivity (Wildman–Crippen MR) is 131 cm³/mol. The SMILES string of the molecule is Cc1ccc(NC2=C(c3ccccc3)C(=O)N(c3ccc(C(C)(C)C)cc3)C2=O)cc1C. The molecule has 4 heteroatoms. The van der Waals surface area contributed by atoms with Crippen LogP contribution in [0.2, 0.25) is 0 Å². The Kier molecular flexibility index (Phi) is 5.47. The van der Waals surface area contributed by atoms with E-state index in [4.69, 9.17) is 0 Å². The van der Waals surface area contributed by atoms with Crippen molar-refractivity contribution < 1.29 is 9.59 Å². The maximum absolute atomic E-state index is 13.5. The highest BCUT2D eigenvalue weighted by molar-refractivity contribution is 6.46. The van der Waals surface area contributed by atoms with E-state index < -0.39 is 0 Å². The van der Waals surface area contributed by atoms with E-state index in [0.29, 0.717) is 22.5 Å². The van der Waals surface area contributed by atoms with Crippen LogP contribution in [-0.2, 0) is 15.0 Å². The van der Waals surface area contributed by atoms with Crippen LogP contribution in [0.3, 0.4) is 0 Å². The van der Waals surface area contributed by atoms with E-state index in [9.17, 15) is 9.59 Å². The highest BCUT2D eigenvalue weighted by Gasteiger charge is 2.40. The average Bonchev–Trinajstić information content (AvgIpc) is 3.00. The Labute approximate surface area is 189 Å². The maximum atomic E-state index is 13.5. The van der Waals surface area contributed by atoms with Gasteiger partial charge >= 0.3 is 0 Å². The first kappa shape index (κ1) is 21.6. The van der Waals surface area contributed by atoms with Gasteiger partial charge in [0.05, 0.1) is 11.3 Å². The molecular weight excluding hydrogens is 396 g/mol. The van der Waals surface area contributed by atoms with E-state index in [1.165, 1.54) is 10.5 Å². The van der Waals surface area contributed by atoms with E-state index in [1.54, 1.807) is 0 Å². The normalized spacial score (nSPS) is 14.3. The lowest BCUT2D eigenvalue weighted by Gasteiger charge is -2.21. The number of benzene rings is 3. The van der Waals surface area contributed by atoms with E-state index >= 15 is 0 Å². The summed E-state index contributed by atoms with van der Waals surface area (Å²) in [7, 11) is 0. The van der Waals surface area contributed by atoms with E-state index in [2.05, 4.69) is 26.1 Å². The summed E-state index contributed by atoms with van der Waals surface area (Å²) in [4.78, 5) is 28.3. The number of aryl methyl sites for hydroxylation is 2. The fourth-order valence-electron chi connectivity index (χ4n) is 3.83. The largest absolute Gasteiger partial charge is 0.350 e. The summed E-state index contributed by atoms with van der Waals surface area (Å²) in [6.45, 7) is 10.5. The average molecular weight is 425 g/mol. The number of carbonyl (C=O) groups excluding carboxylic acids is 2. The zero-order valence-corrected chi connectivity index (χ0v) is 19.2. The van der Waals surface area contributed by atoms with Crippen molar-refractivity contribution in [2.24, 2.45) is 0 Å². The molecule has 0 aliphatic carbocycles. The number of imide groups is 1. The minimum Gasteiger partial charge on any atom is -0.350 e. The predicted octanol–water partition coefficient (Wildman–Crippen LogP) is 6.00. The number of rotatable bonds is 4. The van der Waals surface area contributed by atoms with Crippen LogP contribution in [0.1, 0.15) is 43.0 Å². The lowest BCUT2D eigenvalue weighted by molar-refractivity contribution is -0.120. The number of hydrogen-bond donors (Lipinski definition) is 1. The van der Waals surface area contributed by atoms with Gasteiger partial charge in [-0.05, 0) is 65.8 Å². The molecule has 0 fully saturated rings. The van der Waals surface area contributed by atoms with Crippen LogP contribution in [0.4, 0.5) is 11.4 Å². The van der Waals surface area contributed by atoms with Crippen LogP contribution in [-0.4, -0.2) is 11.8 Å². The number of anilines is 2. The third-order valence-electron chi connectivity index (χ3n) is 5.91. The summed E-state index contributed by atoms with van der Waals surface area (Å²) in [6, 6.07) is 22.9. The van der Waals surface area contributed by atoms with Gasteiger partial charge in [-0.3, -0.25) is 9.59 Å². The molecule has 1 aliphatic heterocycles. The molecule has 0 bridgehead atoms. The molecule has 0 radical (unpaired) electrons. The lowest BCUT2D eigenvalue weighted by Crippen LogP contribution is -2.32. The molecule has 3 aromatic carbocycles. The van der Waals surface area contributed by atoms with Gasteiger partial charge in [-0.25, -0.2) is 4.90 Å². The van der Waals surface area contributed by atoms with Crippen molar-refractivity contribution in [2.75, 3.05) is 10.2 Å². The van der Waals surface area contributed by atoms with Gasteiger partial charge in [-0.15, -0.1) is 0 Å². The number of amides is 2. The lowest BCUT2D eigenvalue weighted by atomic mass is 9.87. The number of nitrogens with zero attached hydrogens (tertiary/aromatic N) is 1. The molecule has 2 amide bonds. The molecule has 1 aliphatic rings. The zero-order chi connectivity index (χ0) is 23.0. The van der Waals surface area contributed by atoms with Crippen molar-refractivity contribution in [2.45, 2.75) is 40.0 Å². The maximum Gasteiger partial charge on any atom is 0.282 e. The van der Waals surface area contributed by atoms with Crippen LogP contribution in [0.15, 0.2) is 78.5 Å². The van der Waals surface area contributed by atoms with Crippen LogP contribution >= 0.6 is 0 Å². The Morgan fingerprint density at radius 3 is 2.00 bits per heavy atom. The van der Waals surface area contributed by atoms with Crippen LogP contribution in [0, 0.1) is 13.8 Å². The molecule has 0 spiro atoms. The topological polar surface area (TPSA) is 49.4 Å². The second-order valence-corrected chi connectivity index (χ2v) is 9.28. The van der Waals surface area contributed by atoms with Crippen molar-refractivity contribution >= 4 is 28.8 Å². The summed E-state index contributed by atoms with van der Waals surface area (Å²) in [5.41, 5.74) is 6.15. The Balaban J connectivity index is 1.77. The van der Waals surface area contributed by atoms with Gasteiger partial charge in [-0.2, -0.15) is 0 Å². The molecular formula is C28H28N2O2. The van der Waals surface area contributed by atoms with Gasteiger partial charge in [0.1, 0.15) is 5.70 Å². The first-order valence-electron chi connectivity index (χ1n) is 10.8. The highest BCUT2D eigenvalue weighted by Crippen LogP contribution is 2.35. The van der Waals surface area contributed by atoms with Crippen molar-refractivity contribution in [3.8, 4) is 0 Å². The third kappa shape index (κ3) is 3.96. The molecule has 4 rings (SSSR count). The molecule has 0 atom stereocenters. The van der Waals surface area contributed by atoms with Gasteiger partial charge in [-0.1, -0.05) is 69.3 Å². The molecule has 1 N–H and O–H groups in total. The van der Waals surface area contributed by atoms with Crippen LogP contribution in [0.25, 0.3) is 5.57 Å². The first-order valence-corrected chi connectivity index (χ1v) is 10.8. The zero-order valence-electron chi connectivity index (χ0n) is 19.2. The Hall–Kier alpha value is -3.66. The monoisotopic (exact) mass is 424 g/mol. The first-order chi connectivity index (χ1) is 15.2. The summed E-state index contributed by atoms with van der Waals surface area (Å²) in [5.74, 6) is -0.674. The van der Waals surface area contributed by atoms with Crippen molar-refractivity contribution in [1.29, 1.82) is 0 Å². The summed E-state index contributed by atoms with van der Waals surface area (Å²) in [6.07, 6.45) is 0. The van der Waals surface area contributed by atoms with Crippen LogP contribution < -0.4 is 10.2 Å². The molecule has 1 heterocycles. The number of nitrogens with one attached hydrogen (secondary N) is 1. The fourth-order valence-corrected chi connectivity index (χ4v) is 3.83. The number of carbonyl (C=O) groups is 2. The second-order valence-electron chi connectivity index (χ2n) is 9.28. The Bertz CT molecular complexity index is 1220. The highest BCUT2D eigenvalue weighted by atomic mass is 16.2. The summed E-state index contributed by atoms with van der Waals surface area (Å²) >= 11 is 0. The van der Waals surface area contributed by atoms with Crippen molar-refractivity contribution in [3.05, 3.63) is 101 Å². The molecule has 0 aromatic heterocycles. The minimum atomic E-state index is -0.351. The summed E-state index contributed by atoms with van der Waals surface area (Å²) in [5, 5.41) is 3.24. The molecule has 0 unspecified atom stereocenters. The molecule has 0 saturated carbocycles. The van der Waals surface area contributed by atoms with Gasteiger partial charge in [0.25, 0.3) is 11.8 Å². The molecule has 32 heavy (non-hydrogen) atoms. The second kappa shape index (κ2) is 8.12. The van der Waals surface area contributed by atoms with Gasteiger partial charge < -0.3 is 5.32 Å². The van der Waals surface area contributed by atoms with Crippen molar-refractivity contribution in [1.82, 2.24) is 0 Å². The van der Waals surface area contributed by atoms with E-state index in [1.807, 2.05) is 86.6 Å². The third-order valence-corrected chi connectivity index (χ3v) is 5.91. The Morgan fingerprint density at radius 2 is 1.41 bits per heavy atom. The smallest absolute Gasteiger partial charge is 0.282 e. The number of hydrogen-bond acceptors (Lipinski definition) is 3. The molecule has 4 nitrogen and oxygen atoms in total. The van der Waals surface area contributed by atoms with Crippen molar-refractivity contribution in [3.63, 3.8) is 0 Å². The molecule has 3 aromatic rings. The standard InChI is InChI=1S/C28H28N2O2/c1-18-11-14-22(17-19(18)2)29-25-24(20-9-7-6-8-10-20)26(31)30(27(25)32)23-15-12-21(13-16-23)28(3,4)5/h6-17,29H,1-5H3. The quantitative estimate of drug-likeness (QED) is 0.523. The molecule has 0 saturated heterocycles. The van der Waals surface area contributed by atoms with Gasteiger partial charge in [0.15, 0.2) is 0 Å². The van der Waals surface area contributed by atoms with Crippen LogP contribution in [0.5, 0.6) is 0 Å². The van der Waals surface area contributed by atoms with E-state index in [0.717, 1.165) is 16.8 Å².